The Morgan fingerprint density at radius 2 is 2.00 bits per heavy atom. The highest BCUT2D eigenvalue weighted by Crippen LogP contribution is 2.61. The molecule has 166 valence electrons. The van der Waals surface area contributed by atoms with E-state index in [4.69, 9.17) is 30.8 Å². The van der Waals surface area contributed by atoms with E-state index in [-0.39, 0.29) is 18.1 Å². The predicted octanol–water partition coefficient (Wildman–Crippen LogP) is 4.98. The zero-order valence-electron chi connectivity index (χ0n) is 18.0. The predicted molar refractivity (Wildman–Crippen MR) is 113 cm³/mol. The Balaban J connectivity index is 1.37. The molecule has 31 heavy (non-hydrogen) atoms. The minimum atomic E-state index is -0.781. The molecule has 1 aliphatic carbocycles. The minimum absolute atomic E-state index is 0.162. The SMILES string of the molecule is C[C@@H]1[C@@H](n2cc(-c3cccc(Cl)c3)nn2)O[C@@H]2O[C@@]3(C)CC[C@H]4[C@H](C)CC[C@@H]1[C@@]24OO3. The summed E-state index contributed by atoms with van der Waals surface area (Å²) >= 11 is 6.16. The van der Waals surface area contributed by atoms with Crippen LogP contribution in [0.25, 0.3) is 11.3 Å². The molecule has 4 saturated heterocycles. The highest BCUT2D eigenvalue weighted by atomic mass is 35.5. The molecule has 5 fully saturated rings. The molecule has 8 heteroatoms. The molecular weight excluding hydrogens is 418 g/mol. The lowest BCUT2D eigenvalue weighted by Gasteiger charge is -2.60. The third kappa shape index (κ3) is 2.94. The molecule has 1 spiro atoms. The smallest absolute Gasteiger partial charge is 0.201 e. The largest absolute Gasteiger partial charge is 0.324 e. The van der Waals surface area contributed by atoms with Gasteiger partial charge in [0.15, 0.2) is 18.1 Å². The van der Waals surface area contributed by atoms with Gasteiger partial charge in [-0.25, -0.2) is 14.5 Å². The summed E-state index contributed by atoms with van der Waals surface area (Å²) in [6.45, 7) is 6.48. The number of hydrogen-bond donors (Lipinski definition) is 0. The topological polar surface area (TPSA) is 67.6 Å². The number of benzene rings is 1. The molecule has 0 unspecified atom stereocenters. The standard InChI is InChI=1S/C23H28ClN3O4/c1-13-7-8-18-14(2)20(27-12-19(25-26-27)15-5-4-6-16(24)11-15)28-21-23(18)17(13)9-10-22(3,29-21)30-31-23/h4-6,11-14,17-18,20-21H,7-10H2,1-3H3/t13-,14+,17+,18+,20+,21-,22-,23-/m1/s1. The summed E-state index contributed by atoms with van der Waals surface area (Å²) in [7, 11) is 0. The van der Waals surface area contributed by atoms with E-state index in [1.54, 1.807) is 0 Å². The van der Waals surface area contributed by atoms with E-state index in [2.05, 4.69) is 24.2 Å². The molecule has 0 amide bonds. The zero-order chi connectivity index (χ0) is 21.4. The first kappa shape index (κ1) is 20.1. The molecule has 1 saturated carbocycles. The van der Waals surface area contributed by atoms with Crippen molar-refractivity contribution < 1.29 is 19.2 Å². The van der Waals surface area contributed by atoms with Gasteiger partial charge in [-0.3, -0.25) is 0 Å². The second-order valence-electron chi connectivity index (χ2n) is 9.89. The summed E-state index contributed by atoms with van der Waals surface area (Å²) < 4.78 is 14.9. The minimum Gasteiger partial charge on any atom is -0.324 e. The fourth-order valence-corrected chi connectivity index (χ4v) is 6.56. The van der Waals surface area contributed by atoms with Crippen LogP contribution in [-0.2, 0) is 19.2 Å². The van der Waals surface area contributed by atoms with Gasteiger partial charge in [-0.2, -0.15) is 0 Å². The number of halogens is 1. The van der Waals surface area contributed by atoms with Crippen LogP contribution in [0.3, 0.4) is 0 Å². The molecule has 7 rings (SSSR count). The lowest BCUT2D eigenvalue weighted by molar-refractivity contribution is -0.574. The number of hydrogen-bond acceptors (Lipinski definition) is 6. The maximum Gasteiger partial charge on any atom is 0.201 e. The van der Waals surface area contributed by atoms with Gasteiger partial charge in [0.25, 0.3) is 0 Å². The van der Waals surface area contributed by atoms with E-state index in [0.717, 1.165) is 30.5 Å². The van der Waals surface area contributed by atoms with Crippen LogP contribution in [-0.4, -0.2) is 32.7 Å². The Morgan fingerprint density at radius 3 is 2.84 bits per heavy atom. The molecule has 2 aromatic rings. The molecule has 5 aliphatic rings. The van der Waals surface area contributed by atoms with Crippen molar-refractivity contribution in [1.29, 1.82) is 0 Å². The van der Waals surface area contributed by atoms with Gasteiger partial charge in [0.2, 0.25) is 5.79 Å². The Hall–Kier alpha value is -1.51. The van der Waals surface area contributed by atoms with Crippen LogP contribution < -0.4 is 0 Å². The van der Waals surface area contributed by atoms with E-state index in [1.807, 2.05) is 42.1 Å². The number of nitrogens with zero attached hydrogens (tertiary/aromatic N) is 3. The summed E-state index contributed by atoms with van der Waals surface area (Å²) in [5, 5.41) is 9.49. The normalized spacial score (nSPS) is 44.0. The fourth-order valence-electron chi connectivity index (χ4n) is 6.37. The second kappa shape index (κ2) is 6.99. The monoisotopic (exact) mass is 445 g/mol. The van der Waals surface area contributed by atoms with Crippen LogP contribution in [0.2, 0.25) is 5.02 Å². The van der Waals surface area contributed by atoms with E-state index < -0.39 is 17.7 Å². The van der Waals surface area contributed by atoms with Crippen molar-refractivity contribution in [2.45, 2.75) is 70.4 Å². The van der Waals surface area contributed by atoms with Crippen molar-refractivity contribution in [3.8, 4) is 11.3 Å². The first-order valence-electron chi connectivity index (χ1n) is 11.3. The Kier molecular flexibility index (Phi) is 4.54. The Labute approximate surface area is 186 Å². The Bertz CT molecular complexity index is 1000. The number of rotatable bonds is 2. The molecule has 1 aromatic heterocycles. The molecule has 2 bridgehead atoms. The summed E-state index contributed by atoms with van der Waals surface area (Å²) in [5.74, 6) is 0.520. The zero-order valence-corrected chi connectivity index (χ0v) is 18.8. The summed E-state index contributed by atoms with van der Waals surface area (Å²) in [6.07, 6.45) is 5.20. The third-order valence-corrected chi connectivity index (χ3v) is 8.25. The van der Waals surface area contributed by atoms with Crippen molar-refractivity contribution in [3.63, 3.8) is 0 Å². The van der Waals surface area contributed by atoms with Crippen molar-refractivity contribution in [2.75, 3.05) is 0 Å². The fraction of sp³-hybridized carbons (Fsp3) is 0.652. The van der Waals surface area contributed by atoms with E-state index >= 15 is 0 Å². The average molecular weight is 446 g/mol. The van der Waals surface area contributed by atoms with Gasteiger partial charge in [-0.1, -0.05) is 42.8 Å². The molecule has 4 aliphatic heterocycles. The lowest BCUT2D eigenvalue weighted by atomic mass is 9.58. The van der Waals surface area contributed by atoms with Crippen molar-refractivity contribution in [3.05, 3.63) is 35.5 Å². The van der Waals surface area contributed by atoms with Crippen molar-refractivity contribution in [2.24, 2.45) is 23.7 Å². The molecular formula is C23H28ClN3O4. The van der Waals surface area contributed by atoms with Crippen LogP contribution in [0.15, 0.2) is 30.5 Å². The van der Waals surface area contributed by atoms with Crippen LogP contribution in [0.1, 0.15) is 52.7 Å². The summed E-state index contributed by atoms with van der Waals surface area (Å²) in [4.78, 5) is 12.1. The second-order valence-corrected chi connectivity index (χ2v) is 10.3. The van der Waals surface area contributed by atoms with Gasteiger partial charge in [-0.15, -0.1) is 5.10 Å². The molecule has 0 radical (unpaired) electrons. The van der Waals surface area contributed by atoms with E-state index in [9.17, 15) is 0 Å². The lowest BCUT2D eigenvalue weighted by Crippen LogP contribution is -2.69. The van der Waals surface area contributed by atoms with Gasteiger partial charge in [0, 0.05) is 28.8 Å². The van der Waals surface area contributed by atoms with Gasteiger partial charge in [0.05, 0.1) is 6.20 Å². The number of ether oxygens (including phenoxy) is 2. The summed E-state index contributed by atoms with van der Waals surface area (Å²) in [6, 6.07) is 7.63. The highest BCUT2D eigenvalue weighted by molar-refractivity contribution is 6.30. The summed E-state index contributed by atoms with van der Waals surface area (Å²) in [5.41, 5.74) is 1.13. The van der Waals surface area contributed by atoms with Crippen LogP contribution >= 0.6 is 11.6 Å². The van der Waals surface area contributed by atoms with Crippen molar-refractivity contribution >= 4 is 11.6 Å². The molecule has 0 N–H and O–H groups in total. The first-order chi connectivity index (χ1) is 14.9. The molecule has 7 nitrogen and oxygen atoms in total. The van der Waals surface area contributed by atoms with Gasteiger partial charge >= 0.3 is 0 Å². The Morgan fingerprint density at radius 1 is 1.13 bits per heavy atom. The average Bonchev–Trinajstić information content (AvgIpc) is 3.13. The molecule has 1 aromatic carbocycles. The quantitative estimate of drug-likeness (QED) is 0.607. The maximum absolute atomic E-state index is 6.62. The van der Waals surface area contributed by atoms with E-state index in [1.165, 1.54) is 6.42 Å². The van der Waals surface area contributed by atoms with Gasteiger partial charge in [-0.05, 0) is 50.2 Å². The first-order valence-corrected chi connectivity index (χ1v) is 11.7. The third-order valence-electron chi connectivity index (χ3n) is 8.01. The van der Waals surface area contributed by atoms with Crippen LogP contribution in [0, 0.1) is 23.7 Å². The van der Waals surface area contributed by atoms with Gasteiger partial charge in [0.1, 0.15) is 5.69 Å². The highest BCUT2D eigenvalue weighted by Gasteiger charge is 2.69. The molecule has 8 atom stereocenters. The maximum atomic E-state index is 6.62. The van der Waals surface area contributed by atoms with Crippen molar-refractivity contribution in [1.82, 2.24) is 15.0 Å². The number of aromatic nitrogens is 3. The van der Waals surface area contributed by atoms with Crippen LogP contribution in [0.4, 0.5) is 0 Å². The molecule has 5 heterocycles. The van der Waals surface area contributed by atoms with E-state index in [0.29, 0.717) is 16.9 Å². The number of fused-ring (bicyclic) bond motifs is 2. The van der Waals surface area contributed by atoms with Gasteiger partial charge < -0.3 is 9.47 Å². The van der Waals surface area contributed by atoms with Crippen LogP contribution in [0.5, 0.6) is 0 Å².